The molecule has 0 heterocycles. The zero-order valence-corrected chi connectivity index (χ0v) is 8.52. The summed E-state index contributed by atoms with van der Waals surface area (Å²) in [5.41, 5.74) is 5.90. The standard InChI is InChI=1S/C10H14FNS/c1-10(12,6-7-13)8-4-2-3-5-9(8)11/h2-5,13H,6-7,12H2,1H3/t10-/m0/s1. The molecule has 3 heteroatoms. The second-order valence-corrected chi connectivity index (χ2v) is 3.82. The molecule has 0 saturated carbocycles. The molecule has 0 aromatic heterocycles. The molecule has 1 aromatic rings. The summed E-state index contributed by atoms with van der Waals surface area (Å²) in [6.07, 6.45) is 0.664. The number of thiol groups is 1. The fourth-order valence-corrected chi connectivity index (χ4v) is 1.76. The third-order valence-electron chi connectivity index (χ3n) is 2.12. The van der Waals surface area contributed by atoms with Gasteiger partial charge in [-0.2, -0.15) is 12.6 Å². The van der Waals surface area contributed by atoms with Crippen molar-refractivity contribution in [2.24, 2.45) is 5.73 Å². The Balaban J connectivity index is 2.99. The van der Waals surface area contributed by atoms with Crippen LogP contribution in [0.3, 0.4) is 0 Å². The summed E-state index contributed by atoms with van der Waals surface area (Å²) < 4.78 is 13.3. The summed E-state index contributed by atoms with van der Waals surface area (Å²) in [5, 5.41) is 0. The van der Waals surface area contributed by atoms with E-state index in [0.717, 1.165) is 0 Å². The molecule has 13 heavy (non-hydrogen) atoms. The lowest BCUT2D eigenvalue weighted by Crippen LogP contribution is -2.34. The zero-order chi connectivity index (χ0) is 9.90. The van der Waals surface area contributed by atoms with Gasteiger partial charge in [-0.15, -0.1) is 0 Å². The molecule has 0 spiro atoms. The largest absolute Gasteiger partial charge is 0.322 e. The first-order chi connectivity index (χ1) is 6.08. The van der Waals surface area contributed by atoms with Crippen molar-refractivity contribution in [3.8, 4) is 0 Å². The molecule has 0 unspecified atom stereocenters. The number of hydrogen-bond donors (Lipinski definition) is 2. The van der Waals surface area contributed by atoms with Crippen LogP contribution >= 0.6 is 12.6 Å². The lowest BCUT2D eigenvalue weighted by molar-refractivity contribution is 0.449. The van der Waals surface area contributed by atoms with Crippen molar-refractivity contribution < 1.29 is 4.39 Å². The first kappa shape index (κ1) is 10.5. The Labute approximate surface area is 83.6 Å². The monoisotopic (exact) mass is 199 g/mol. The van der Waals surface area contributed by atoms with Crippen molar-refractivity contribution in [3.63, 3.8) is 0 Å². The minimum absolute atomic E-state index is 0.241. The quantitative estimate of drug-likeness (QED) is 0.718. The van der Waals surface area contributed by atoms with Gasteiger partial charge < -0.3 is 5.73 Å². The average molecular weight is 199 g/mol. The molecule has 0 radical (unpaired) electrons. The van der Waals surface area contributed by atoms with Gasteiger partial charge in [-0.25, -0.2) is 4.39 Å². The van der Waals surface area contributed by atoms with Crippen LogP contribution < -0.4 is 5.73 Å². The van der Waals surface area contributed by atoms with E-state index in [9.17, 15) is 4.39 Å². The minimum Gasteiger partial charge on any atom is -0.322 e. The topological polar surface area (TPSA) is 26.0 Å². The van der Waals surface area contributed by atoms with Gasteiger partial charge in [-0.3, -0.25) is 0 Å². The molecule has 0 aliphatic heterocycles. The fraction of sp³-hybridized carbons (Fsp3) is 0.400. The molecule has 1 atom stereocenters. The van der Waals surface area contributed by atoms with Gasteiger partial charge in [-0.1, -0.05) is 18.2 Å². The van der Waals surface area contributed by atoms with Gasteiger partial charge in [0.1, 0.15) is 5.82 Å². The van der Waals surface area contributed by atoms with Crippen LogP contribution in [0, 0.1) is 5.82 Å². The van der Waals surface area contributed by atoms with Gasteiger partial charge >= 0.3 is 0 Å². The summed E-state index contributed by atoms with van der Waals surface area (Å²) in [6, 6.07) is 6.61. The van der Waals surface area contributed by atoms with Gasteiger partial charge in [0.2, 0.25) is 0 Å². The molecule has 1 nitrogen and oxygen atoms in total. The lowest BCUT2D eigenvalue weighted by atomic mass is 9.90. The molecule has 0 saturated heterocycles. The Kier molecular flexibility index (Phi) is 3.33. The zero-order valence-electron chi connectivity index (χ0n) is 7.63. The number of benzene rings is 1. The number of hydrogen-bond acceptors (Lipinski definition) is 2. The molecule has 0 aliphatic rings. The second-order valence-electron chi connectivity index (χ2n) is 3.37. The van der Waals surface area contributed by atoms with Gasteiger partial charge in [0, 0.05) is 11.1 Å². The molecule has 1 rings (SSSR count). The molecular weight excluding hydrogens is 185 g/mol. The van der Waals surface area contributed by atoms with E-state index in [1.54, 1.807) is 18.2 Å². The molecule has 0 aliphatic carbocycles. The maximum Gasteiger partial charge on any atom is 0.128 e. The average Bonchev–Trinajstić information content (AvgIpc) is 2.04. The van der Waals surface area contributed by atoms with Gasteiger partial charge in [0.05, 0.1) is 0 Å². The highest BCUT2D eigenvalue weighted by atomic mass is 32.1. The Bertz CT molecular complexity index is 286. The van der Waals surface area contributed by atoms with Crippen molar-refractivity contribution in [1.82, 2.24) is 0 Å². The van der Waals surface area contributed by atoms with E-state index in [-0.39, 0.29) is 5.82 Å². The van der Waals surface area contributed by atoms with Crippen LogP contribution in [-0.2, 0) is 5.54 Å². The highest BCUT2D eigenvalue weighted by Gasteiger charge is 2.22. The predicted molar refractivity (Wildman–Crippen MR) is 56.4 cm³/mol. The Hall–Kier alpha value is -0.540. The summed E-state index contributed by atoms with van der Waals surface area (Å²) in [4.78, 5) is 0. The van der Waals surface area contributed by atoms with E-state index < -0.39 is 5.54 Å². The first-order valence-corrected chi connectivity index (χ1v) is 4.86. The van der Waals surface area contributed by atoms with E-state index in [1.165, 1.54) is 6.07 Å². The van der Waals surface area contributed by atoms with Crippen molar-refractivity contribution in [1.29, 1.82) is 0 Å². The van der Waals surface area contributed by atoms with Crippen molar-refractivity contribution in [2.75, 3.05) is 5.75 Å². The predicted octanol–water partition coefficient (Wildman–Crippen LogP) is 2.32. The van der Waals surface area contributed by atoms with E-state index in [1.807, 2.05) is 6.92 Å². The van der Waals surface area contributed by atoms with Gasteiger partial charge in [0.15, 0.2) is 0 Å². The van der Waals surface area contributed by atoms with Crippen LogP contribution in [0.5, 0.6) is 0 Å². The molecule has 0 amide bonds. The van der Waals surface area contributed by atoms with E-state index in [0.29, 0.717) is 17.7 Å². The molecule has 0 fully saturated rings. The Morgan fingerprint density at radius 1 is 1.46 bits per heavy atom. The van der Waals surface area contributed by atoms with E-state index in [4.69, 9.17) is 5.73 Å². The third-order valence-corrected chi connectivity index (χ3v) is 2.34. The number of rotatable bonds is 3. The van der Waals surface area contributed by atoms with Crippen molar-refractivity contribution in [3.05, 3.63) is 35.6 Å². The van der Waals surface area contributed by atoms with Crippen LogP contribution in [0.1, 0.15) is 18.9 Å². The maximum absolute atomic E-state index is 13.3. The van der Waals surface area contributed by atoms with Crippen molar-refractivity contribution in [2.45, 2.75) is 18.9 Å². The Morgan fingerprint density at radius 3 is 2.62 bits per heavy atom. The molecular formula is C10H14FNS. The van der Waals surface area contributed by atoms with Crippen LogP contribution in [-0.4, -0.2) is 5.75 Å². The highest BCUT2D eigenvalue weighted by molar-refractivity contribution is 7.80. The van der Waals surface area contributed by atoms with Crippen molar-refractivity contribution >= 4 is 12.6 Å². The summed E-state index contributed by atoms with van der Waals surface area (Å²) >= 11 is 4.10. The third kappa shape index (κ3) is 2.45. The lowest BCUT2D eigenvalue weighted by Gasteiger charge is -2.24. The molecule has 72 valence electrons. The molecule has 2 N–H and O–H groups in total. The summed E-state index contributed by atoms with van der Waals surface area (Å²) in [7, 11) is 0. The molecule has 0 bridgehead atoms. The van der Waals surface area contributed by atoms with Gasteiger partial charge in [-0.05, 0) is 25.2 Å². The number of nitrogens with two attached hydrogens (primary N) is 1. The van der Waals surface area contributed by atoms with E-state index in [2.05, 4.69) is 12.6 Å². The van der Waals surface area contributed by atoms with Crippen LogP contribution in [0.15, 0.2) is 24.3 Å². The normalized spacial score (nSPS) is 15.4. The van der Waals surface area contributed by atoms with Crippen LogP contribution in [0.4, 0.5) is 4.39 Å². The van der Waals surface area contributed by atoms with Gasteiger partial charge in [0.25, 0.3) is 0 Å². The Morgan fingerprint density at radius 2 is 2.08 bits per heavy atom. The van der Waals surface area contributed by atoms with Crippen LogP contribution in [0.2, 0.25) is 0 Å². The summed E-state index contributed by atoms with van der Waals surface area (Å²) in [5.74, 6) is 0.413. The SMILES string of the molecule is C[C@](N)(CCS)c1ccccc1F. The first-order valence-electron chi connectivity index (χ1n) is 4.22. The summed E-state index contributed by atoms with van der Waals surface area (Å²) in [6.45, 7) is 1.82. The maximum atomic E-state index is 13.3. The van der Waals surface area contributed by atoms with E-state index >= 15 is 0 Å². The fourth-order valence-electron chi connectivity index (χ4n) is 1.29. The second kappa shape index (κ2) is 4.11. The highest BCUT2D eigenvalue weighted by Crippen LogP contribution is 2.24. The van der Waals surface area contributed by atoms with Crippen LogP contribution in [0.25, 0.3) is 0 Å². The smallest absolute Gasteiger partial charge is 0.128 e. The molecule has 1 aromatic carbocycles. The minimum atomic E-state index is -0.618. The number of halogens is 1.